The largest absolute Gasteiger partial charge is 0.457 e. The first-order valence-electron chi connectivity index (χ1n) is 3.62. The second-order valence-corrected chi connectivity index (χ2v) is 2.64. The van der Waals surface area contributed by atoms with Gasteiger partial charge in [-0.25, -0.2) is 4.79 Å². The van der Waals surface area contributed by atoms with Crippen LogP contribution in [0.4, 0.5) is 0 Å². The molecule has 0 aromatic heterocycles. The molecule has 0 atom stereocenters. The van der Waals surface area contributed by atoms with Gasteiger partial charge in [-0.05, 0) is 17.7 Å². The Bertz CT molecular complexity index is 358. The third-order valence-corrected chi connectivity index (χ3v) is 1.87. The second kappa shape index (κ2) is 2.44. The minimum Gasteiger partial charge on any atom is -0.457 e. The maximum absolute atomic E-state index is 11.0. The zero-order valence-corrected chi connectivity index (χ0v) is 6.33. The fourth-order valence-electron chi connectivity index (χ4n) is 1.24. The zero-order valence-electron chi connectivity index (χ0n) is 6.33. The summed E-state index contributed by atoms with van der Waals surface area (Å²) in [6.07, 6.45) is 1.25. The molecule has 12 heavy (non-hydrogen) atoms. The number of carbonyl (C=O) groups excluding carboxylic acids is 1. The van der Waals surface area contributed by atoms with Gasteiger partial charge in [0.15, 0.2) is 0 Å². The number of rotatable bonds is 1. The highest BCUT2D eigenvalue weighted by molar-refractivity contribution is 5.94. The van der Waals surface area contributed by atoms with E-state index in [0.29, 0.717) is 12.2 Å². The summed E-state index contributed by atoms with van der Waals surface area (Å²) in [4.78, 5) is 11.0. The molecule has 3 heteroatoms. The Kier molecular flexibility index (Phi) is 1.43. The average molecular weight is 161 g/mol. The molecule has 0 saturated carbocycles. The Hall–Kier alpha value is -1.64. The lowest BCUT2D eigenvalue weighted by Gasteiger charge is -1.94. The van der Waals surface area contributed by atoms with Crippen LogP contribution in [-0.2, 0) is 11.3 Å². The highest BCUT2D eigenvalue weighted by atomic mass is 16.5. The number of ether oxygens (including phenoxy) is 1. The molecule has 1 heterocycles. The van der Waals surface area contributed by atoms with E-state index in [1.807, 2.05) is 0 Å². The van der Waals surface area contributed by atoms with E-state index in [0.717, 1.165) is 11.1 Å². The molecular weight excluding hydrogens is 154 g/mol. The van der Waals surface area contributed by atoms with Crippen LogP contribution in [0.2, 0.25) is 0 Å². The van der Waals surface area contributed by atoms with Crippen molar-refractivity contribution in [3.05, 3.63) is 34.9 Å². The van der Waals surface area contributed by atoms with Crippen molar-refractivity contribution in [2.75, 3.05) is 0 Å². The zero-order chi connectivity index (χ0) is 8.55. The van der Waals surface area contributed by atoms with E-state index in [-0.39, 0.29) is 5.97 Å². The summed E-state index contributed by atoms with van der Waals surface area (Å²) in [5.74, 6) is -0.262. The molecule has 1 aliphatic heterocycles. The van der Waals surface area contributed by atoms with E-state index in [1.165, 1.54) is 6.21 Å². The molecule has 0 spiro atoms. The van der Waals surface area contributed by atoms with E-state index in [9.17, 15) is 4.79 Å². The van der Waals surface area contributed by atoms with Crippen molar-refractivity contribution in [3.63, 3.8) is 0 Å². The van der Waals surface area contributed by atoms with E-state index >= 15 is 0 Å². The molecule has 0 unspecified atom stereocenters. The number of nitrogens with one attached hydrogen (secondary N) is 1. The number of hydrogen-bond donors (Lipinski definition) is 1. The van der Waals surface area contributed by atoms with Gasteiger partial charge >= 0.3 is 5.97 Å². The lowest BCUT2D eigenvalue weighted by molar-refractivity contribution is 0.0535. The molecule has 1 aliphatic rings. The molecule has 0 aliphatic carbocycles. The van der Waals surface area contributed by atoms with Gasteiger partial charge in [-0.2, -0.15) is 0 Å². The average Bonchev–Trinajstić information content (AvgIpc) is 2.47. The standard InChI is InChI=1S/C9H7NO2/c10-4-6-1-2-8-7(3-6)5-12-9(8)11/h1-4,10H,5H2. The van der Waals surface area contributed by atoms with Gasteiger partial charge in [0.2, 0.25) is 0 Å². The summed E-state index contributed by atoms with van der Waals surface area (Å²) in [7, 11) is 0. The van der Waals surface area contributed by atoms with Crippen LogP contribution in [0.25, 0.3) is 0 Å². The number of esters is 1. The smallest absolute Gasteiger partial charge is 0.338 e. The first-order chi connectivity index (χ1) is 5.81. The Morgan fingerprint density at radius 2 is 2.33 bits per heavy atom. The molecule has 3 nitrogen and oxygen atoms in total. The highest BCUT2D eigenvalue weighted by Gasteiger charge is 2.20. The lowest BCUT2D eigenvalue weighted by atomic mass is 10.1. The number of cyclic esters (lactones) is 1. The summed E-state index contributed by atoms with van der Waals surface area (Å²) in [6, 6.07) is 5.23. The maximum atomic E-state index is 11.0. The van der Waals surface area contributed by atoms with Crippen molar-refractivity contribution in [1.29, 1.82) is 5.41 Å². The number of fused-ring (bicyclic) bond motifs is 1. The van der Waals surface area contributed by atoms with Crippen molar-refractivity contribution in [2.24, 2.45) is 0 Å². The van der Waals surface area contributed by atoms with Gasteiger partial charge in [-0.15, -0.1) is 0 Å². The molecule has 1 N–H and O–H groups in total. The Morgan fingerprint density at radius 3 is 3.08 bits per heavy atom. The van der Waals surface area contributed by atoms with Crippen LogP contribution in [-0.4, -0.2) is 12.2 Å². The molecule has 0 fully saturated rings. The number of benzene rings is 1. The minimum atomic E-state index is -0.262. The van der Waals surface area contributed by atoms with Gasteiger partial charge in [0.05, 0.1) is 5.56 Å². The van der Waals surface area contributed by atoms with E-state index in [1.54, 1.807) is 18.2 Å². The predicted molar refractivity (Wildman–Crippen MR) is 43.4 cm³/mol. The summed E-state index contributed by atoms with van der Waals surface area (Å²) in [6.45, 7) is 0.343. The minimum absolute atomic E-state index is 0.262. The monoisotopic (exact) mass is 161 g/mol. The Morgan fingerprint density at radius 1 is 1.50 bits per heavy atom. The van der Waals surface area contributed by atoms with Crippen LogP contribution in [0.3, 0.4) is 0 Å². The van der Waals surface area contributed by atoms with Crippen molar-refractivity contribution >= 4 is 12.2 Å². The summed E-state index contributed by atoms with van der Waals surface area (Å²) >= 11 is 0. The van der Waals surface area contributed by atoms with Crippen LogP contribution in [0.15, 0.2) is 18.2 Å². The van der Waals surface area contributed by atoms with Gasteiger partial charge in [0.1, 0.15) is 6.61 Å². The van der Waals surface area contributed by atoms with Crippen molar-refractivity contribution in [3.8, 4) is 0 Å². The van der Waals surface area contributed by atoms with E-state index < -0.39 is 0 Å². The quantitative estimate of drug-likeness (QED) is 0.499. The molecule has 60 valence electrons. The van der Waals surface area contributed by atoms with Crippen LogP contribution in [0.1, 0.15) is 21.5 Å². The van der Waals surface area contributed by atoms with Gasteiger partial charge < -0.3 is 10.1 Å². The third-order valence-electron chi connectivity index (χ3n) is 1.87. The SMILES string of the molecule is N=Cc1ccc2c(c1)COC2=O. The topological polar surface area (TPSA) is 50.1 Å². The first kappa shape index (κ1) is 7.03. The summed E-state index contributed by atoms with van der Waals surface area (Å²) in [5.41, 5.74) is 2.30. The lowest BCUT2D eigenvalue weighted by Crippen LogP contribution is -1.93. The van der Waals surface area contributed by atoms with Crippen LogP contribution < -0.4 is 0 Å². The van der Waals surface area contributed by atoms with Crippen LogP contribution in [0, 0.1) is 5.41 Å². The predicted octanol–water partition coefficient (Wildman–Crippen LogP) is 1.35. The van der Waals surface area contributed by atoms with Crippen molar-refractivity contribution < 1.29 is 9.53 Å². The first-order valence-corrected chi connectivity index (χ1v) is 3.62. The fourth-order valence-corrected chi connectivity index (χ4v) is 1.24. The molecule has 0 bridgehead atoms. The van der Waals surface area contributed by atoms with Crippen molar-refractivity contribution in [1.82, 2.24) is 0 Å². The molecule has 2 rings (SSSR count). The van der Waals surface area contributed by atoms with Gasteiger partial charge in [0, 0.05) is 11.8 Å². The summed E-state index contributed by atoms with van der Waals surface area (Å²) < 4.78 is 4.81. The highest BCUT2D eigenvalue weighted by Crippen LogP contribution is 2.19. The molecule has 1 aromatic rings. The maximum Gasteiger partial charge on any atom is 0.338 e. The Balaban J connectivity index is 2.55. The molecule has 0 amide bonds. The fraction of sp³-hybridized carbons (Fsp3) is 0.111. The summed E-state index contributed by atoms with van der Waals surface area (Å²) in [5, 5.41) is 7.01. The van der Waals surface area contributed by atoms with Gasteiger partial charge in [-0.1, -0.05) is 6.07 Å². The third kappa shape index (κ3) is 0.906. The molecular formula is C9H7NO2. The van der Waals surface area contributed by atoms with Gasteiger partial charge in [-0.3, -0.25) is 0 Å². The number of carbonyl (C=O) groups is 1. The second-order valence-electron chi connectivity index (χ2n) is 2.64. The van der Waals surface area contributed by atoms with Crippen molar-refractivity contribution in [2.45, 2.75) is 6.61 Å². The Labute approximate surface area is 69.5 Å². The number of hydrogen-bond acceptors (Lipinski definition) is 3. The molecule has 1 aromatic carbocycles. The molecule has 0 radical (unpaired) electrons. The normalized spacial score (nSPS) is 13.8. The molecule has 0 saturated heterocycles. The van der Waals surface area contributed by atoms with E-state index in [2.05, 4.69) is 0 Å². The van der Waals surface area contributed by atoms with E-state index in [4.69, 9.17) is 10.1 Å². The van der Waals surface area contributed by atoms with Crippen LogP contribution in [0.5, 0.6) is 0 Å². The van der Waals surface area contributed by atoms with Gasteiger partial charge in [0.25, 0.3) is 0 Å². The van der Waals surface area contributed by atoms with Crippen LogP contribution >= 0.6 is 0 Å².